The minimum atomic E-state index is -0.422. The first-order valence-electron chi connectivity index (χ1n) is 8.51. The Morgan fingerprint density at radius 1 is 1.45 bits per heavy atom. The van der Waals surface area contributed by atoms with Gasteiger partial charge in [-0.3, -0.25) is 4.79 Å². The third kappa shape index (κ3) is 4.19. The van der Waals surface area contributed by atoms with E-state index in [0.29, 0.717) is 25.1 Å². The van der Waals surface area contributed by atoms with E-state index < -0.39 is 6.10 Å². The molecule has 1 aliphatic carbocycles. The van der Waals surface area contributed by atoms with E-state index in [4.69, 9.17) is 9.47 Å². The number of carbonyl (C=O) groups excluding carboxylic acids is 1. The molecule has 1 aliphatic heterocycles. The zero-order valence-electron chi connectivity index (χ0n) is 14.0. The number of methoxy groups -OCH3 is 1. The summed E-state index contributed by atoms with van der Waals surface area (Å²) in [5, 5.41) is 15.3. The zero-order chi connectivity index (χ0) is 16.1. The Kier molecular flexibility index (Phi) is 6.62. The zero-order valence-corrected chi connectivity index (χ0v) is 14.0. The quantitative estimate of drug-likeness (QED) is 0.563. The van der Waals surface area contributed by atoms with E-state index in [1.165, 1.54) is 0 Å². The Morgan fingerprint density at radius 3 is 2.86 bits per heavy atom. The molecular formula is C16H31N2O4+. The Morgan fingerprint density at radius 2 is 2.23 bits per heavy atom. The molecule has 0 aromatic carbocycles. The number of rotatable bonds is 6. The molecule has 4 N–H and O–H groups in total. The number of fused-ring (bicyclic) bond motifs is 1. The van der Waals surface area contributed by atoms with Gasteiger partial charge in [0.15, 0.2) is 0 Å². The van der Waals surface area contributed by atoms with E-state index in [2.05, 4.69) is 10.6 Å². The van der Waals surface area contributed by atoms with Gasteiger partial charge >= 0.3 is 5.97 Å². The maximum absolute atomic E-state index is 12.3. The monoisotopic (exact) mass is 315 g/mol. The van der Waals surface area contributed by atoms with Crippen LogP contribution in [0, 0.1) is 11.8 Å². The lowest BCUT2D eigenvalue weighted by molar-refractivity contribution is -0.713. The Balaban J connectivity index is 2.11. The van der Waals surface area contributed by atoms with Crippen molar-refractivity contribution in [3.63, 3.8) is 0 Å². The molecule has 0 aromatic rings. The third-order valence-electron chi connectivity index (χ3n) is 5.07. The van der Waals surface area contributed by atoms with Gasteiger partial charge in [-0.15, -0.1) is 0 Å². The van der Waals surface area contributed by atoms with Gasteiger partial charge in [0, 0.05) is 32.0 Å². The molecule has 0 amide bonds. The summed E-state index contributed by atoms with van der Waals surface area (Å²) >= 11 is 0. The minimum absolute atomic E-state index is 0.0570. The standard InChI is InChI=1S/C16H30N2O4/c1-4-22-16(20)13-9-17-14-6-5-11(21-3)7-12(14)15(13)18-8-10(2)19/h10-15,17-19H,4-9H2,1-3H3/p+1/t10-,11?,12?,13?,14?,15?/m1/s1. The van der Waals surface area contributed by atoms with Crippen LogP contribution in [0.5, 0.6) is 0 Å². The van der Waals surface area contributed by atoms with Gasteiger partial charge in [-0.05, 0) is 26.7 Å². The average Bonchev–Trinajstić information content (AvgIpc) is 2.51. The van der Waals surface area contributed by atoms with Crippen molar-refractivity contribution in [2.75, 3.05) is 26.8 Å². The number of quaternary nitrogens is 1. The summed E-state index contributed by atoms with van der Waals surface area (Å²) in [6.07, 6.45) is 3.01. The van der Waals surface area contributed by atoms with Crippen LogP contribution in [0.4, 0.5) is 0 Å². The van der Waals surface area contributed by atoms with E-state index >= 15 is 0 Å². The van der Waals surface area contributed by atoms with Gasteiger partial charge in [-0.25, -0.2) is 0 Å². The number of piperidine rings is 1. The van der Waals surface area contributed by atoms with Crippen LogP contribution in [0.1, 0.15) is 33.1 Å². The normalized spacial score (nSPS) is 36.5. The molecule has 2 fully saturated rings. The molecule has 128 valence electrons. The van der Waals surface area contributed by atoms with Crippen molar-refractivity contribution in [2.24, 2.45) is 11.8 Å². The van der Waals surface area contributed by atoms with E-state index in [1.54, 1.807) is 14.0 Å². The van der Waals surface area contributed by atoms with Crippen molar-refractivity contribution in [1.29, 1.82) is 0 Å². The van der Waals surface area contributed by atoms with Crippen LogP contribution in [0.25, 0.3) is 0 Å². The number of nitrogens with two attached hydrogens (primary N) is 1. The van der Waals surface area contributed by atoms with E-state index in [9.17, 15) is 9.90 Å². The molecule has 0 radical (unpaired) electrons. The Labute approximate surface area is 132 Å². The SMILES string of the molecule is CCOC(=O)C1C[NH2+]C2CCC(OC)CC2C1NC[C@@H](C)O. The largest absolute Gasteiger partial charge is 0.466 e. The summed E-state index contributed by atoms with van der Waals surface area (Å²) in [5.41, 5.74) is 0. The van der Waals surface area contributed by atoms with Crippen LogP contribution < -0.4 is 10.6 Å². The second-order valence-electron chi connectivity index (χ2n) is 6.61. The maximum Gasteiger partial charge on any atom is 0.316 e. The third-order valence-corrected chi connectivity index (χ3v) is 5.07. The first-order valence-corrected chi connectivity index (χ1v) is 8.51. The fraction of sp³-hybridized carbons (Fsp3) is 0.938. The number of hydrogen-bond donors (Lipinski definition) is 3. The van der Waals surface area contributed by atoms with Crippen molar-refractivity contribution in [3.05, 3.63) is 0 Å². The summed E-state index contributed by atoms with van der Waals surface area (Å²) < 4.78 is 10.8. The molecule has 2 rings (SSSR count). The van der Waals surface area contributed by atoms with E-state index in [-0.39, 0.29) is 24.0 Å². The van der Waals surface area contributed by atoms with Gasteiger partial charge in [-0.2, -0.15) is 0 Å². The highest BCUT2D eigenvalue weighted by Gasteiger charge is 2.48. The van der Waals surface area contributed by atoms with Crippen LogP contribution >= 0.6 is 0 Å². The molecule has 1 saturated heterocycles. The highest BCUT2D eigenvalue weighted by molar-refractivity contribution is 5.73. The Hall–Kier alpha value is -0.690. The number of aliphatic hydroxyl groups is 1. The lowest BCUT2D eigenvalue weighted by Crippen LogP contribution is -2.97. The number of aliphatic hydroxyl groups excluding tert-OH is 1. The molecular weight excluding hydrogens is 284 g/mol. The smallest absolute Gasteiger partial charge is 0.316 e. The molecule has 1 saturated carbocycles. The van der Waals surface area contributed by atoms with Crippen molar-refractivity contribution in [1.82, 2.24) is 5.32 Å². The second kappa shape index (κ2) is 8.24. The van der Waals surface area contributed by atoms with Crippen LogP contribution in [0.2, 0.25) is 0 Å². The van der Waals surface area contributed by atoms with Crippen LogP contribution in [-0.4, -0.2) is 62.2 Å². The van der Waals surface area contributed by atoms with Gasteiger partial charge < -0.3 is 25.2 Å². The maximum atomic E-state index is 12.3. The lowest BCUT2D eigenvalue weighted by atomic mass is 9.71. The van der Waals surface area contributed by atoms with Crippen LogP contribution in [0.15, 0.2) is 0 Å². The first-order chi connectivity index (χ1) is 10.6. The highest BCUT2D eigenvalue weighted by atomic mass is 16.5. The summed E-state index contributed by atoms with van der Waals surface area (Å²) in [6.45, 7) is 5.27. The van der Waals surface area contributed by atoms with E-state index in [0.717, 1.165) is 25.8 Å². The van der Waals surface area contributed by atoms with Gasteiger partial charge in [0.2, 0.25) is 0 Å². The van der Waals surface area contributed by atoms with Gasteiger partial charge in [0.25, 0.3) is 0 Å². The second-order valence-corrected chi connectivity index (χ2v) is 6.61. The molecule has 6 nitrogen and oxygen atoms in total. The molecule has 22 heavy (non-hydrogen) atoms. The number of esters is 1. The number of ether oxygens (including phenoxy) is 2. The topological polar surface area (TPSA) is 84.4 Å². The summed E-state index contributed by atoms with van der Waals surface area (Å²) in [7, 11) is 1.76. The van der Waals surface area contributed by atoms with Crippen LogP contribution in [-0.2, 0) is 14.3 Å². The highest BCUT2D eigenvalue weighted by Crippen LogP contribution is 2.32. The van der Waals surface area contributed by atoms with Crippen molar-refractivity contribution in [2.45, 2.75) is 57.4 Å². The lowest BCUT2D eigenvalue weighted by Gasteiger charge is -2.44. The predicted octanol–water partition coefficient (Wildman–Crippen LogP) is -0.735. The minimum Gasteiger partial charge on any atom is -0.466 e. The van der Waals surface area contributed by atoms with Gasteiger partial charge in [-0.1, -0.05) is 0 Å². The number of carbonyl (C=O) groups is 1. The summed E-state index contributed by atoms with van der Waals surface area (Å²) in [4.78, 5) is 12.3. The predicted molar refractivity (Wildman–Crippen MR) is 82.3 cm³/mol. The molecule has 0 aromatic heterocycles. The molecule has 6 heteroatoms. The van der Waals surface area contributed by atoms with Crippen molar-refractivity contribution >= 4 is 5.97 Å². The Bertz CT molecular complexity index is 364. The molecule has 5 unspecified atom stereocenters. The van der Waals surface area contributed by atoms with Crippen molar-refractivity contribution < 1.29 is 24.7 Å². The van der Waals surface area contributed by atoms with Gasteiger partial charge in [0.05, 0.1) is 31.4 Å². The first kappa shape index (κ1) is 17.7. The molecule has 6 atom stereocenters. The molecule has 1 heterocycles. The summed E-state index contributed by atoms with van der Waals surface area (Å²) in [6, 6.07) is 0.588. The molecule has 2 aliphatic rings. The van der Waals surface area contributed by atoms with Crippen LogP contribution in [0.3, 0.4) is 0 Å². The molecule has 0 bridgehead atoms. The number of nitrogens with one attached hydrogen (secondary N) is 1. The van der Waals surface area contributed by atoms with Crippen molar-refractivity contribution in [3.8, 4) is 0 Å². The van der Waals surface area contributed by atoms with E-state index in [1.807, 2.05) is 6.92 Å². The summed E-state index contributed by atoms with van der Waals surface area (Å²) in [5.74, 6) is 0.0935. The average molecular weight is 315 g/mol. The fourth-order valence-electron chi connectivity index (χ4n) is 3.97. The van der Waals surface area contributed by atoms with Gasteiger partial charge in [0.1, 0.15) is 5.92 Å². The number of hydrogen-bond acceptors (Lipinski definition) is 5. The molecule has 0 spiro atoms. The fourth-order valence-corrected chi connectivity index (χ4v) is 3.97.